The van der Waals surface area contributed by atoms with Gasteiger partial charge in [-0.3, -0.25) is 19.7 Å². The second-order valence-corrected chi connectivity index (χ2v) is 7.15. The summed E-state index contributed by atoms with van der Waals surface area (Å²) >= 11 is 0. The maximum atomic E-state index is 13.3. The first kappa shape index (κ1) is 23.0. The molecule has 0 spiro atoms. The number of esters is 2. The summed E-state index contributed by atoms with van der Waals surface area (Å²) in [5, 5.41) is 11.0. The van der Waals surface area contributed by atoms with Crippen LogP contribution in [0.5, 0.6) is 0 Å². The van der Waals surface area contributed by atoms with Gasteiger partial charge in [-0.05, 0) is 22.3 Å². The summed E-state index contributed by atoms with van der Waals surface area (Å²) in [7, 11) is 2.11. The van der Waals surface area contributed by atoms with Crippen molar-refractivity contribution in [1.82, 2.24) is 0 Å². The highest BCUT2D eigenvalue weighted by atomic mass is 19.4. The third-order valence-corrected chi connectivity index (χ3v) is 5.40. The minimum atomic E-state index is -4.56. The van der Waals surface area contributed by atoms with Gasteiger partial charge >= 0.3 is 18.1 Å². The van der Waals surface area contributed by atoms with E-state index >= 15 is 0 Å². The van der Waals surface area contributed by atoms with Crippen LogP contribution in [-0.4, -0.2) is 37.3 Å². The number of hydrogen-bond donors (Lipinski definition) is 0. The van der Waals surface area contributed by atoms with Gasteiger partial charge in [-0.1, -0.05) is 42.5 Å². The number of hydrogen-bond acceptors (Lipinski definition) is 6. The van der Waals surface area contributed by atoms with Crippen LogP contribution in [-0.2, 0) is 24.5 Å². The molecule has 0 heterocycles. The Hall–Kier alpha value is -3.69. The molecule has 32 heavy (non-hydrogen) atoms. The van der Waals surface area contributed by atoms with Crippen LogP contribution in [0.1, 0.15) is 29.0 Å². The molecule has 168 valence electrons. The van der Waals surface area contributed by atoms with Crippen LogP contribution in [0, 0.1) is 10.1 Å². The van der Waals surface area contributed by atoms with Crippen molar-refractivity contribution in [2.24, 2.45) is 0 Å². The van der Waals surface area contributed by atoms with Crippen molar-refractivity contribution in [3.8, 4) is 0 Å². The molecular weight excluding hydrogens is 431 g/mol. The van der Waals surface area contributed by atoms with E-state index in [2.05, 4.69) is 0 Å². The monoisotopic (exact) mass is 449 g/mol. The fourth-order valence-electron chi connectivity index (χ4n) is 4.09. The molecule has 1 atom stereocenters. The molecule has 0 amide bonds. The predicted octanol–water partition coefficient (Wildman–Crippen LogP) is 4.31. The first-order chi connectivity index (χ1) is 15.1. The molecule has 0 radical (unpaired) electrons. The van der Waals surface area contributed by atoms with Crippen molar-refractivity contribution in [2.75, 3.05) is 14.2 Å². The Morgan fingerprint density at radius 2 is 1.59 bits per heavy atom. The summed E-state index contributed by atoms with van der Waals surface area (Å²) in [6.45, 7) is 0. The zero-order valence-corrected chi connectivity index (χ0v) is 17.0. The minimum Gasteiger partial charge on any atom is -0.468 e. The van der Waals surface area contributed by atoms with Gasteiger partial charge in [0.25, 0.3) is 5.69 Å². The van der Waals surface area contributed by atoms with E-state index in [-0.39, 0.29) is 28.0 Å². The highest BCUT2D eigenvalue weighted by molar-refractivity contribution is 6.10. The molecule has 10 heteroatoms. The largest absolute Gasteiger partial charge is 0.468 e. The average Bonchev–Trinajstić information content (AvgIpc) is 2.77. The summed E-state index contributed by atoms with van der Waals surface area (Å²) in [6, 6.07) is 10.6. The molecule has 2 aromatic carbocycles. The smallest absolute Gasteiger partial charge is 0.393 e. The van der Waals surface area contributed by atoms with Crippen LogP contribution in [0.3, 0.4) is 0 Å². The number of benzene rings is 2. The Morgan fingerprint density at radius 1 is 1.03 bits per heavy atom. The predicted molar refractivity (Wildman–Crippen MR) is 107 cm³/mol. The minimum absolute atomic E-state index is 0.00352. The first-order valence-electron chi connectivity index (χ1n) is 9.34. The number of nitrogens with zero attached hydrogens (tertiary/aromatic N) is 1. The van der Waals surface area contributed by atoms with Crippen LogP contribution in [0.4, 0.5) is 18.9 Å². The van der Waals surface area contributed by atoms with Crippen LogP contribution in [0.2, 0.25) is 0 Å². The van der Waals surface area contributed by atoms with E-state index in [0.717, 1.165) is 26.4 Å². The average molecular weight is 449 g/mol. The second-order valence-electron chi connectivity index (χ2n) is 7.15. The number of carbonyl (C=O) groups is 2. The maximum Gasteiger partial charge on any atom is 0.393 e. The fourth-order valence-corrected chi connectivity index (χ4v) is 4.09. The third kappa shape index (κ3) is 3.83. The van der Waals surface area contributed by atoms with E-state index in [9.17, 15) is 32.9 Å². The molecule has 0 bridgehead atoms. The van der Waals surface area contributed by atoms with Crippen molar-refractivity contribution in [1.29, 1.82) is 0 Å². The van der Waals surface area contributed by atoms with E-state index < -0.39 is 40.8 Å². The molecule has 1 aliphatic rings. The maximum absolute atomic E-state index is 13.3. The summed E-state index contributed by atoms with van der Waals surface area (Å²) in [4.78, 5) is 36.6. The molecule has 0 aliphatic heterocycles. The zero-order chi connectivity index (χ0) is 23.7. The number of non-ortho nitro benzene ring substituents is 1. The van der Waals surface area contributed by atoms with Crippen LogP contribution in [0.15, 0.2) is 54.6 Å². The first-order valence-corrected chi connectivity index (χ1v) is 9.34. The SMILES string of the molecule is COC(=O)C1(C(=O)OC)c2ccccc2C(CC(F)(F)F)=C[C@@H]1c1ccc([N+](=O)[O-])cc1. The summed E-state index contributed by atoms with van der Waals surface area (Å²) in [5.74, 6) is -3.32. The van der Waals surface area contributed by atoms with Gasteiger partial charge in [0.1, 0.15) is 0 Å². The van der Waals surface area contributed by atoms with E-state index in [1.54, 1.807) is 0 Å². The Bertz CT molecular complexity index is 1080. The molecule has 0 unspecified atom stereocenters. The number of fused-ring (bicyclic) bond motifs is 1. The second kappa shape index (κ2) is 8.45. The normalized spacial score (nSPS) is 17.0. The quantitative estimate of drug-likeness (QED) is 0.292. The molecule has 0 fully saturated rings. The fraction of sp³-hybridized carbons (Fsp3) is 0.273. The number of allylic oxidation sites excluding steroid dienone is 2. The summed E-state index contributed by atoms with van der Waals surface area (Å²) in [5.41, 5.74) is -2.26. The Labute approximate surface area is 180 Å². The van der Waals surface area contributed by atoms with Crippen molar-refractivity contribution in [2.45, 2.75) is 23.9 Å². The van der Waals surface area contributed by atoms with Gasteiger partial charge in [0.15, 0.2) is 0 Å². The number of ether oxygens (including phenoxy) is 2. The van der Waals surface area contributed by atoms with Gasteiger partial charge in [0, 0.05) is 18.1 Å². The van der Waals surface area contributed by atoms with Gasteiger partial charge in [-0.25, -0.2) is 0 Å². The number of nitro groups is 1. The highest BCUT2D eigenvalue weighted by Gasteiger charge is 2.59. The third-order valence-electron chi connectivity index (χ3n) is 5.40. The van der Waals surface area contributed by atoms with E-state index in [0.29, 0.717) is 0 Å². The van der Waals surface area contributed by atoms with Gasteiger partial charge in [-0.2, -0.15) is 13.2 Å². The number of methoxy groups -OCH3 is 2. The lowest BCUT2D eigenvalue weighted by molar-refractivity contribution is -0.384. The van der Waals surface area contributed by atoms with Gasteiger partial charge in [-0.15, -0.1) is 0 Å². The van der Waals surface area contributed by atoms with Crippen LogP contribution >= 0.6 is 0 Å². The lowest BCUT2D eigenvalue weighted by atomic mass is 9.61. The van der Waals surface area contributed by atoms with Crippen molar-refractivity contribution in [3.05, 3.63) is 81.4 Å². The van der Waals surface area contributed by atoms with Gasteiger partial charge in [0.2, 0.25) is 5.41 Å². The highest BCUT2D eigenvalue weighted by Crippen LogP contribution is 2.51. The number of carbonyl (C=O) groups excluding carboxylic acids is 2. The molecule has 2 aromatic rings. The Kier molecular flexibility index (Phi) is 6.07. The topological polar surface area (TPSA) is 95.7 Å². The molecule has 0 saturated carbocycles. The molecule has 1 aliphatic carbocycles. The summed E-state index contributed by atoms with van der Waals surface area (Å²) < 4.78 is 49.9. The van der Waals surface area contributed by atoms with Crippen molar-refractivity contribution in [3.63, 3.8) is 0 Å². The van der Waals surface area contributed by atoms with Crippen molar-refractivity contribution >= 4 is 23.2 Å². The number of nitro benzene ring substituents is 1. The van der Waals surface area contributed by atoms with Gasteiger partial charge in [0.05, 0.1) is 25.6 Å². The van der Waals surface area contributed by atoms with Crippen molar-refractivity contribution < 1.29 is 37.2 Å². The lowest BCUT2D eigenvalue weighted by Gasteiger charge is -2.40. The molecular formula is C22H18F3NO6. The number of halogens is 3. The van der Waals surface area contributed by atoms with E-state index in [1.165, 1.54) is 42.5 Å². The van der Waals surface area contributed by atoms with Crippen LogP contribution in [0.25, 0.3) is 5.57 Å². The number of alkyl halides is 3. The van der Waals surface area contributed by atoms with Crippen LogP contribution < -0.4 is 0 Å². The molecule has 0 saturated heterocycles. The standard InChI is InChI=1S/C22H18F3NO6/c1-31-19(27)22(20(28)32-2)17-6-4-3-5-16(17)14(12-21(23,24)25)11-18(22)13-7-9-15(10-8-13)26(29)30/h3-11,18H,12H2,1-2H3/t18-/m1/s1. The Balaban J connectivity index is 2.36. The van der Waals surface area contributed by atoms with E-state index in [4.69, 9.17) is 9.47 Å². The van der Waals surface area contributed by atoms with E-state index in [1.807, 2.05) is 0 Å². The molecule has 0 N–H and O–H groups in total. The summed E-state index contributed by atoms with van der Waals surface area (Å²) in [6.07, 6.45) is -4.67. The zero-order valence-electron chi connectivity index (χ0n) is 17.0. The van der Waals surface area contributed by atoms with Gasteiger partial charge < -0.3 is 9.47 Å². The number of rotatable bonds is 5. The Morgan fingerprint density at radius 3 is 2.09 bits per heavy atom. The molecule has 7 nitrogen and oxygen atoms in total. The lowest BCUT2D eigenvalue weighted by Crippen LogP contribution is -2.51. The molecule has 3 rings (SSSR count). The molecule has 0 aromatic heterocycles.